The molecule has 6 heteroatoms. The summed E-state index contributed by atoms with van der Waals surface area (Å²) in [5, 5.41) is 2.85. The molecule has 1 aliphatic carbocycles. The van der Waals surface area contributed by atoms with Crippen molar-refractivity contribution in [1.29, 1.82) is 0 Å². The Morgan fingerprint density at radius 1 is 1.29 bits per heavy atom. The first-order chi connectivity index (χ1) is 13.5. The van der Waals surface area contributed by atoms with Gasteiger partial charge in [0, 0.05) is 50.4 Å². The Hall–Kier alpha value is -3.02. The highest BCUT2D eigenvalue weighted by atomic mass is 16.2. The molecule has 0 saturated heterocycles. The SMILES string of the molecule is CC(=O)NCc1c(C)ncc2c1CCN(C(=O)C1CC(=O)c3ccccc31)C2. The van der Waals surface area contributed by atoms with Crippen molar-refractivity contribution < 1.29 is 14.4 Å². The lowest BCUT2D eigenvalue weighted by molar-refractivity contribution is -0.133. The fourth-order valence-electron chi connectivity index (χ4n) is 4.26. The van der Waals surface area contributed by atoms with Crippen LogP contribution >= 0.6 is 0 Å². The molecule has 0 bridgehead atoms. The number of hydrogen-bond acceptors (Lipinski definition) is 4. The summed E-state index contributed by atoms with van der Waals surface area (Å²) in [6.07, 6.45) is 2.80. The quantitative estimate of drug-likeness (QED) is 0.890. The molecule has 6 nitrogen and oxygen atoms in total. The zero-order valence-corrected chi connectivity index (χ0v) is 16.1. The Bertz CT molecular complexity index is 983. The highest BCUT2D eigenvalue weighted by molar-refractivity contribution is 6.06. The summed E-state index contributed by atoms with van der Waals surface area (Å²) in [4.78, 5) is 43.0. The van der Waals surface area contributed by atoms with E-state index in [1.54, 1.807) is 6.07 Å². The molecule has 1 atom stereocenters. The first kappa shape index (κ1) is 18.3. The molecule has 4 rings (SSSR count). The zero-order chi connectivity index (χ0) is 19.8. The van der Waals surface area contributed by atoms with Crippen LogP contribution in [0, 0.1) is 6.92 Å². The third-order valence-corrected chi connectivity index (χ3v) is 5.75. The fourth-order valence-corrected chi connectivity index (χ4v) is 4.26. The van der Waals surface area contributed by atoms with E-state index in [1.165, 1.54) is 12.5 Å². The molecule has 0 fully saturated rings. The molecular weight excluding hydrogens is 354 g/mol. The number of amides is 2. The number of nitrogens with zero attached hydrogens (tertiary/aromatic N) is 2. The van der Waals surface area contributed by atoms with Crippen LogP contribution in [0.4, 0.5) is 0 Å². The van der Waals surface area contributed by atoms with Crippen molar-refractivity contribution in [3.05, 3.63) is 64.0 Å². The maximum absolute atomic E-state index is 13.2. The van der Waals surface area contributed by atoms with E-state index in [0.717, 1.165) is 28.8 Å². The molecule has 1 N–H and O–H groups in total. The fraction of sp³-hybridized carbons (Fsp3) is 0.364. The molecule has 144 valence electrons. The number of hydrogen-bond donors (Lipinski definition) is 1. The van der Waals surface area contributed by atoms with Crippen LogP contribution in [0.3, 0.4) is 0 Å². The molecule has 2 heterocycles. The van der Waals surface area contributed by atoms with Gasteiger partial charge in [-0.05, 0) is 35.6 Å². The van der Waals surface area contributed by atoms with Gasteiger partial charge in [0.15, 0.2) is 5.78 Å². The molecule has 0 spiro atoms. The Labute approximate surface area is 164 Å². The Morgan fingerprint density at radius 3 is 2.86 bits per heavy atom. The van der Waals surface area contributed by atoms with Crippen LogP contribution in [0.5, 0.6) is 0 Å². The summed E-state index contributed by atoms with van der Waals surface area (Å²) in [6, 6.07) is 7.41. The van der Waals surface area contributed by atoms with Crippen molar-refractivity contribution in [3.8, 4) is 0 Å². The van der Waals surface area contributed by atoms with Gasteiger partial charge in [-0.2, -0.15) is 0 Å². The summed E-state index contributed by atoms with van der Waals surface area (Å²) in [5.74, 6) is -0.411. The number of aromatic nitrogens is 1. The van der Waals surface area contributed by atoms with Gasteiger partial charge < -0.3 is 10.2 Å². The van der Waals surface area contributed by atoms with Gasteiger partial charge in [-0.3, -0.25) is 19.4 Å². The third-order valence-electron chi connectivity index (χ3n) is 5.75. The first-order valence-electron chi connectivity index (χ1n) is 9.57. The second-order valence-electron chi connectivity index (χ2n) is 7.51. The normalized spacial score (nSPS) is 17.9. The minimum Gasteiger partial charge on any atom is -0.352 e. The number of carbonyl (C=O) groups excluding carboxylic acids is 3. The number of rotatable bonds is 3. The predicted molar refractivity (Wildman–Crippen MR) is 104 cm³/mol. The van der Waals surface area contributed by atoms with Crippen LogP contribution in [-0.4, -0.2) is 34.0 Å². The Balaban J connectivity index is 1.56. The smallest absolute Gasteiger partial charge is 0.230 e. The number of ketones is 1. The van der Waals surface area contributed by atoms with Crippen molar-refractivity contribution in [2.45, 2.75) is 45.7 Å². The van der Waals surface area contributed by atoms with Gasteiger partial charge in [0.2, 0.25) is 11.8 Å². The highest BCUT2D eigenvalue weighted by Crippen LogP contribution is 2.35. The summed E-state index contributed by atoms with van der Waals surface area (Å²) >= 11 is 0. The van der Waals surface area contributed by atoms with Crippen molar-refractivity contribution in [2.75, 3.05) is 6.54 Å². The average molecular weight is 377 g/mol. The summed E-state index contributed by atoms with van der Waals surface area (Å²) in [6.45, 7) is 4.99. The lowest BCUT2D eigenvalue weighted by atomic mass is 9.93. The molecule has 0 saturated carbocycles. The largest absolute Gasteiger partial charge is 0.352 e. The monoisotopic (exact) mass is 377 g/mol. The molecule has 1 unspecified atom stereocenters. The number of carbonyl (C=O) groups is 3. The molecule has 28 heavy (non-hydrogen) atoms. The molecule has 1 aliphatic heterocycles. The van der Waals surface area contributed by atoms with Gasteiger partial charge in [-0.1, -0.05) is 24.3 Å². The number of pyridine rings is 1. The minimum atomic E-state index is -0.387. The Morgan fingerprint density at radius 2 is 2.07 bits per heavy atom. The van der Waals surface area contributed by atoms with E-state index in [9.17, 15) is 14.4 Å². The van der Waals surface area contributed by atoms with Crippen LogP contribution in [0.15, 0.2) is 30.5 Å². The molecular formula is C22H23N3O3. The molecule has 2 aromatic rings. The van der Waals surface area contributed by atoms with E-state index in [2.05, 4.69) is 10.3 Å². The first-order valence-corrected chi connectivity index (χ1v) is 9.57. The van der Waals surface area contributed by atoms with Crippen molar-refractivity contribution in [1.82, 2.24) is 15.2 Å². The molecule has 2 aliphatic rings. The van der Waals surface area contributed by atoms with Crippen LogP contribution in [0.25, 0.3) is 0 Å². The second-order valence-corrected chi connectivity index (χ2v) is 7.51. The van der Waals surface area contributed by atoms with Crippen LogP contribution in [0.1, 0.15) is 57.6 Å². The number of benzene rings is 1. The van der Waals surface area contributed by atoms with Gasteiger partial charge in [-0.15, -0.1) is 0 Å². The highest BCUT2D eigenvalue weighted by Gasteiger charge is 2.37. The molecule has 0 radical (unpaired) electrons. The lowest BCUT2D eigenvalue weighted by Gasteiger charge is -2.32. The van der Waals surface area contributed by atoms with E-state index in [0.29, 0.717) is 25.2 Å². The lowest BCUT2D eigenvalue weighted by Crippen LogP contribution is -2.39. The van der Waals surface area contributed by atoms with Gasteiger partial charge in [0.1, 0.15) is 0 Å². The molecule has 1 aromatic heterocycles. The second kappa shape index (κ2) is 7.19. The summed E-state index contributed by atoms with van der Waals surface area (Å²) < 4.78 is 0. The predicted octanol–water partition coefficient (Wildman–Crippen LogP) is 2.28. The minimum absolute atomic E-state index is 0.00735. The van der Waals surface area contributed by atoms with Crippen molar-refractivity contribution in [3.63, 3.8) is 0 Å². The van der Waals surface area contributed by atoms with Crippen molar-refractivity contribution >= 4 is 17.6 Å². The van der Waals surface area contributed by atoms with E-state index in [-0.39, 0.29) is 29.9 Å². The molecule has 2 amide bonds. The van der Waals surface area contributed by atoms with E-state index >= 15 is 0 Å². The van der Waals surface area contributed by atoms with Crippen LogP contribution < -0.4 is 5.32 Å². The maximum Gasteiger partial charge on any atom is 0.230 e. The summed E-state index contributed by atoms with van der Waals surface area (Å²) in [5.41, 5.74) is 5.66. The van der Waals surface area contributed by atoms with Gasteiger partial charge >= 0.3 is 0 Å². The van der Waals surface area contributed by atoms with E-state index in [1.807, 2.05) is 36.2 Å². The number of nitrogens with one attached hydrogen (secondary N) is 1. The number of aryl methyl sites for hydroxylation is 1. The standard InChI is InChI=1S/C22H23N3O3/c1-13-20(11-24-14(2)26)16-7-8-25(12-15(16)10-23-13)22(28)19-9-21(27)18-6-4-3-5-17(18)19/h3-6,10,19H,7-9,11-12H2,1-2H3,(H,24,26). The van der Waals surface area contributed by atoms with E-state index < -0.39 is 0 Å². The number of fused-ring (bicyclic) bond motifs is 2. The van der Waals surface area contributed by atoms with Crippen molar-refractivity contribution in [2.24, 2.45) is 0 Å². The average Bonchev–Trinajstić information content (AvgIpc) is 3.03. The van der Waals surface area contributed by atoms with Gasteiger partial charge in [0.25, 0.3) is 0 Å². The van der Waals surface area contributed by atoms with E-state index in [4.69, 9.17) is 0 Å². The topological polar surface area (TPSA) is 79.4 Å². The molecule has 1 aromatic carbocycles. The Kier molecular flexibility index (Phi) is 4.71. The van der Waals surface area contributed by atoms with Gasteiger partial charge in [-0.25, -0.2) is 0 Å². The maximum atomic E-state index is 13.2. The van der Waals surface area contributed by atoms with Crippen LogP contribution in [0.2, 0.25) is 0 Å². The zero-order valence-electron chi connectivity index (χ0n) is 16.1. The third kappa shape index (κ3) is 3.19. The van der Waals surface area contributed by atoms with Gasteiger partial charge in [0.05, 0.1) is 5.92 Å². The number of Topliss-reactive ketones (excluding diaryl/α,β-unsaturated/α-hetero) is 1. The van der Waals surface area contributed by atoms with Crippen LogP contribution in [-0.2, 0) is 29.1 Å². The summed E-state index contributed by atoms with van der Waals surface area (Å²) in [7, 11) is 0.